The zero-order valence-corrected chi connectivity index (χ0v) is 9.61. The van der Waals surface area contributed by atoms with E-state index in [-0.39, 0.29) is 5.91 Å². The lowest BCUT2D eigenvalue weighted by Crippen LogP contribution is -2.05. The van der Waals surface area contributed by atoms with Crippen LogP contribution in [0.4, 0.5) is 5.69 Å². The molecule has 2 rings (SSSR count). The second kappa shape index (κ2) is 4.22. The van der Waals surface area contributed by atoms with Crippen molar-refractivity contribution in [2.75, 3.05) is 5.32 Å². The maximum absolute atomic E-state index is 11.0. The van der Waals surface area contributed by atoms with Gasteiger partial charge in [0.25, 0.3) is 0 Å². The van der Waals surface area contributed by atoms with Crippen LogP contribution in [-0.2, 0) is 4.79 Å². The fourth-order valence-corrected chi connectivity index (χ4v) is 1.73. The molecule has 4 nitrogen and oxygen atoms in total. The predicted molar refractivity (Wildman–Crippen MR) is 65.5 cm³/mol. The Morgan fingerprint density at radius 1 is 1.41 bits per heavy atom. The zero-order valence-electron chi connectivity index (χ0n) is 9.61. The van der Waals surface area contributed by atoms with E-state index in [0.717, 1.165) is 22.2 Å². The van der Waals surface area contributed by atoms with Crippen LogP contribution in [0.3, 0.4) is 0 Å². The number of rotatable bonds is 1. The molecule has 0 saturated heterocycles. The Morgan fingerprint density at radius 2 is 2.18 bits per heavy atom. The Kier molecular flexibility index (Phi) is 2.75. The van der Waals surface area contributed by atoms with Gasteiger partial charge in [-0.05, 0) is 36.8 Å². The van der Waals surface area contributed by atoms with Crippen LogP contribution in [0, 0.1) is 18.3 Å². The third-order valence-corrected chi connectivity index (χ3v) is 2.45. The van der Waals surface area contributed by atoms with Crippen molar-refractivity contribution in [3.63, 3.8) is 0 Å². The number of amides is 1. The third kappa shape index (κ3) is 2.23. The highest BCUT2D eigenvalue weighted by Crippen LogP contribution is 2.21. The molecule has 1 amide bonds. The molecule has 0 spiro atoms. The first-order valence-corrected chi connectivity index (χ1v) is 5.19. The van der Waals surface area contributed by atoms with E-state index in [0.29, 0.717) is 5.69 Å². The number of carbonyl (C=O) groups is 1. The Bertz CT molecular complexity index is 641. The molecule has 1 N–H and O–H groups in total. The van der Waals surface area contributed by atoms with Crippen LogP contribution in [0.25, 0.3) is 10.9 Å². The molecule has 4 heteroatoms. The van der Waals surface area contributed by atoms with Gasteiger partial charge in [-0.25, -0.2) is 4.98 Å². The van der Waals surface area contributed by atoms with Crippen molar-refractivity contribution < 1.29 is 4.79 Å². The summed E-state index contributed by atoms with van der Waals surface area (Å²) in [6.07, 6.45) is 0. The summed E-state index contributed by atoms with van der Waals surface area (Å²) in [6, 6.07) is 9.20. The molecule has 0 fully saturated rings. The van der Waals surface area contributed by atoms with Crippen LogP contribution in [0.2, 0.25) is 0 Å². The molecular formula is C13H11N3O. The molecule has 1 heterocycles. The summed E-state index contributed by atoms with van der Waals surface area (Å²) < 4.78 is 0. The number of benzene rings is 1. The summed E-state index contributed by atoms with van der Waals surface area (Å²) in [5.41, 5.74) is 2.87. The number of hydrogen-bond donors (Lipinski definition) is 1. The lowest BCUT2D eigenvalue weighted by molar-refractivity contribution is -0.114. The van der Waals surface area contributed by atoms with E-state index in [9.17, 15) is 4.79 Å². The van der Waals surface area contributed by atoms with Gasteiger partial charge in [-0.3, -0.25) is 4.79 Å². The van der Waals surface area contributed by atoms with Gasteiger partial charge in [-0.1, -0.05) is 0 Å². The average molecular weight is 225 g/mol. The van der Waals surface area contributed by atoms with Crippen LogP contribution in [-0.4, -0.2) is 10.9 Å². The highest BCUT2D eigenvalue weighted by Gasteiger charge is 2.04. The predicted octanol–water partition coefficient (Wildman–Crippen LogP) is 2.37. The number of aromatic nitrogens is 1. The Labute approximate surface area is 98.9 Å². The van der Waals surface area contributed by atoms with E-state index in [1.54, 1.807) is 18.2 Å². The maximum Gasteiger partial charge on any atom is 0.221 e. The number of carbonyl (C=O) groups excluding carboxylic acids is 1. The second-order valence-electron chi connectivity index (χ2n) is 3.85. The monoisotopic (exact) mass is 225 g/mol. The summed E-state index contributed by atoms with van der Waals surface area (Å²) in [5.74, 6) is -0.108. The number of fused-ring (bicyclic) bond motifs is 1. The van der Waals surface area contributed by atoms with E-state index < -0.39 is 0 Å². The summed E-state index contributed by atoms with van der Waals surface area (Å²) in [6.45, 7) is 3.39. The first-order chi connectivity index (χ1) is 8.10. The van der Waals surface area contributed by atoms with E-state index >= 15 is 0 Å². The van der Waals surface area contributed by atoms with Gasteiger partial charge in [0.15, 0.2) is 0 Å². The van der Waals surface area contributed by atoms with Crippen LogP contribution < -0.4 is 5.32 Å². The number of pyridine rings is 1. The van der Waals surface area contributed by atoms with E-state index in [1.165, 1.54) is 6.92 Å². The van der Waals surface area contributed by atoms with Gasteiger partial charge in [0, 0.05) is 18.0 Å². The lowest BCUT2D eigenvalue weighted by Gasteiger charge is -2.06. The van der Waals surface area contributed by atoms with Gasteiger partial charge in [0.2, 0.25) is 5.91 Å². The van der Waals surface area contributed by atoms with Gasteiger partial charge in [0.1, 0.15) is 11.8 Å². The van der Waals surface area contributed by atoms with Crippen LogP contribution in [0.1, 0.15) is 18.2 Å². The van der Waals surface area contributed by atoms with Crippen molar-refractivity contribution in [1.29, 1.82) is 5.26 Å². The number of hydrogen-bond acceptors (Lipinski definition) is 3. The Morgan fingerprint density at radius 3 is 2.82 bits per heavy atom. The fourth-order valence-electron chi connectivity index (χ4n) is 1.73. The number of anilines is 1. The minimum atomic E-state index is -0.108. The van der Waals surface area contributed by atoms with Crippen LogP contribution in [0.5, 0.6) is 0 Å². The Hall–Kier alpha value is -2.41. The van der Waals surface area contributed by atoms with Crippen molar-refractivity contribution in [1.82, 2.24) is 4.98 Å². The minimum Gasteiger partial charge on any atom is -0.326 e. The van der Waals surface area contributed by atoms with Gasteiger partial charge >= 0.3 is 0 Å². The highest BCUT2D eigenvalue weighted by molar-refractivity contribution is 5.93. The van der Waals surface area contributed by atoms with Crippen molar-refractivity contribution in [2.24, 2.45) is 0 Å². The van der Waals surface area contributed by atoms with Gasteiger partial charge in [-0.15, -0.1) is 0 Å². The van der Waals surface area contributed by atoms with E-state index in [2.05, 4.69) is 10.3 Å². The molecule has 0 aliphatic rings. The molecule has 2 aromatic rings. The van der Waals surface area contributed by atoms with E-state index in [4.69, 9.17) is 5.26 Å². The molecule has 0 aliphatic carbocycles. The largest absolute Gasteiger partial charge is 0.326 e. The normalized spacial score (nSPS) is 9.94. The molecular weight excluding hydrogens is 214 g/mol. The summed E-state index contributed by atoms with van der Waals surface area (Å²) in [5, 5.41) is 12.5. The third-order valence-electron chi connectivity index (χ3n) is 2.45. The number of nitrogens with zero attached hydrogens (tertiary/aromatic N) is 2. The van der Waals surface area contributed by atoms with Crippen LogP contribution in [0.15, 0.2) is 24.3 Å². The fraction of sp³-hybridized carbons (Fsp3) is 0.154. The Balaban J connectivity index is 2.59. The van der Waals surface area contributed by atoms with Crippen molar-refractivity contribution in [3.8, 4) is 6.07 Å². The van der Waals surface area contributed by atoms with Gasteiger partial charge in [0.05, 0.1) is 5.52 Å². The molecule has 1 aromatic heterocycles. The van der Waals surface area contributed by atoms with Crippen molar-refractivity contribution in [3.05, 3.63) is 35.5 Å². The number of nitriles is 1. The molecule has 17 heavy (non-hydrogen) atoms. The van der Waals surface area contributed by atoms with Gasteiger partial charge in [-0.2, -0.15) is 5.26 Å². The molecule has 0 radical (unpaired) electrons. The maximum atomic E-state index is 11.0. The van der Waals surface area contributed by atoms with Crippen molar-refractivity contribution in [2.45, 2.75) is 13.8 Å². The van der Waals surface area contributed by atoms with Crippen molar-refractivity contribution >= 4 is 22.5 Å². The minimum absolute atomic E-state index is 0.108. The molecule has 0 unspecified atom stereocenters. The number of nitrogens with one attached hydrogen (secondary N) is 1. The summed E-state index contributed by atoms with van der Waals surface area (Å²) in [7, 11) is 0. The zero-order chi connectivity index (χ0) is 12.4. The average Bonchev–Trinajstić information content (AvgIpc) is 2.29. The summed E-state index contributed by atoms with van der Waals surface area (Å²) in [4.78, 5) is 15.2. The van der Waals surface area contributed by atoms with E-state index in [1.807, 2.05) is 19.1 Å². The molecule has 0 aliphatic heterocycles. The smallest absolute Gasteiger partial charge is 0.221 e. The van der Waals surface area contributed by atoms with Crippen LogP contribution >= 0.6 is 0 Å². The molecule has 1 aromatic carbocycles. The summed E-state index contributed by atoms with van der Waals surface area (Å²) >= 11 is 0. The molecule has 0 bridgehead atoms. The highest BCUT2D eigenvalue weighted by atomic mass is 16.1. The molecule has 0 saturated carbocycles. The second-order valence-corrected chi connectivity index (χ2v) is 3.85. The molecule has 84 valence electrons. The lowest BCUT2D eigenvalue weighted by atomic mass is 10.1. The topological polar surface area (TPSA) is 65.8 Å². The standard InChI is InChI=1S/C13H11N3O/c1-8-5-11(7-14)16-13-4-3-10(6-12(8)13)15-9(2)17/h3-6H,1-2H3,(H,15,17). The first-order valence-electron chi connectivity index (χ1n) is 5.19. The quantitative estimate of drug-likeness (QED) is 0.810. The number of aryl methyl sites for hydroxylation is 1. The van der Waals surface area contributed by atoms with Gasteiger partial charge < -0.3 is 5.32 Å². The first kappa shape index (κ1) is 11.1. The molecule has 0 atom stereocenters. The SMILES string of the molecule is CC(=O)Nc1ccc2nc(C#N)cc(C)c2c1.